The van der Waals surface area contributed by atoms with E-state index in [0.29, 0.717) is 17.4 Å². The predicted octanol–water partition coefficient (Wildman–Crippen LogP) is 0.954. The Morgan fingerprint density at radius 1 is 1.00 bits per heavy atom. The zero-order valence-corrected chi connectivity index (χ0v) is 21.0. The second-order valence-electron chi connectivity index (χ2n) is 9.77. The van der Waals surface area contributed by atoms with Crippen molar-refractivity contribution in [3.8, 4) is 0 Å². The van der Waals surface area contributed by atoms with Gasteiger partial charge < -0.3 is 26.2 Å². The van der Waals surface area contributed by atoms with Crippen molar-refractivity contribution in [1.29, 1.82) is 0 Å². The maximum absolute atomic E-state index is 13.3. The fourth-order valence-corrected chi connectivity index (χ4v) is 3.75. The minimum absolute atomic E-state index is 0.131. The van der Waals surface area contributed by atoms with Gasteiger partial charge in [-0.3, -0.25) is 19.1 Å². The van der Waals surface area contributed by atoms with Gasteiger partial charge in [-0.15, -0.1) is 0 Å². The number of benzene rings is 2. The summed E-state index contributed by atoms with van der Waals surface area (Å²) in [4.78, 5) is 38.3. The third-order valence-corrected chi connectivity index (χ3v) is 5.75. The van der Waals surface area contributed by atoms with E-state index < -0.39 is 55.0 Å². The summed E-state index contributed by atoms with van der Waals surface area (Å²) in [6.07, 6.45) is 0. The summed E-state index contributed by atoms with van der Waals surface area (Å²) in [5.41, 5.74) is 0.928. The third-order valence-electron chi connectivity index (χ3n) is 5.75. The van der Waals surface area contributed by atoms with Crippen molar-refractivity contribution in [2.45, 2.75) is 39.4 Å². The molecule has 3 amide bonds. The normalized spacial score (nSPS) is 12.4. The fourth-order valence-electron chi connectivity index (χ4n) is 3.75. The van der Waals surface area contributed by atoms with Crippen LogP contribution in [0.25, 0.3) is 10.9 Å². The molecule has 0 saturated carbocycles. The average Bonchev–Trinajstić information content (AvgIpc) is 3.23. The SMILES string of the molecule is CC(C)(C)[C@H](NC(=O)c1nn(Cc2ccc(F)cc2)c2ccccc12)C(=O)NCC(=O)NC(CO)CO. The number of aromatic nitrogens is 2. The monoisotopic (exact) mass is 513 g/mol. The van der Waals surface area contributed by atoms with Gasteiger partial charge in [0.05, 0.1) is 37.9 Å². The second-order valence-corrected chi connectivity index (χ2v) is 9.77. The summed E-state index contributed by atoms with van der Waals surface area (Å²) in [7, 11) is 0. The number of rotatable bonds is 10. The van der Waals surface area contributed by atoms with Crippen LogP contribution in [-0.2, 0) is 16.1 Å². The number of hydrogen-bond acceptors (Lipinski definition) is 6. The van der Waals surface area contributed by atoms with Crippen LogP contribution in [0.3, 0.4) is 0 Å². The number of halogens is 1. The van der Waals surface area contributed by atoms with Crippen LogP contribution in [0.5, 0.6) is 0 Å². The topological polar surface area (TPSA) is 146 Å². The molecule has 11 heteroatoms. The van der Waals surface area contributed by atoms with Gasteiger partial charge in [-0.2, -0.15) is 5.10 Å². The molecule has 0 aliphatic rings. The van der Waals surface area contributed by atoms with E-state index in [1.807, 2.05) is 12.1 Å². The van der Waals surface area contributed by atoms with E-state index in [0.717, 1.165) is 5.56 Å². The maximum Gasteiger partial charge on any atom is 0.273 e. The molecular weight excluding hydrogens is 481 g/mol. The van der Waals surface area contributed by atoms with Crippen molar-refractivity contribution < 1.29 is 29.0 Å². The molecule has 198 valence electrons. The number of carbonyl (C=O) groups is 3. The van der Waals surface area contributed by atoms with E-state index in [-0.39, 0.29) is 11.5 Å². The van der Waals surface area contributed by atoms with Crippen LogP contribution >= 0.6 is 0 Å². The molecule has 0 fully saturated rings. The van der Waals surface area contributed by atoms with E-state index in [1.54, 1.807) is 49.7 Å². The van der Waals surface area contributed by atoms with Crippen LogP contribution in [0.4, 0.5) is 4.39 Å². The second kappa shape index (κ2) is 11.9. The van der Waals surface area contributed by atoms with Crippen molar-refractivity contribution in [2.75, 3.05) is 19.8 Å². The Morgan fingerprint density at radius 3 is 2.27 bits per heavy atom. The summed E-state index contributed by atoms with van der Waals surface area (Å²) in [5.74, 6) is -2.07. The zero-order valence-electron chi connectivity index (χ0n) is 21.0. The van der Waals surface area contributed by atoms with Gasteiger partial charge >= 0.3 is 0 Å². The molecule has 0 spiro atoms. The zero-order chi connectivity index (χ0) is 27.2. The number of nitrogens with zero attached hydrogens (tertiary/aromatic N) is 2. The molecule has 0 aliphatic heterocycles. The highest BCUT2D eigenvalue weighted by Gasteiger charge is 2.34. The van der Waals surface area contributed by atoms with Gasteiger partial charge in [0.1, 0.15) is 11.9 Å². The van der Waals surface area contributed by atoms with Crippen molar-refractivity contribution in [3.63, 3.8) is 0 Å². The largest absolute Gasteiger partial charge is 0.394 e. The molecule has 0 bridgehead atoms. The lowest BCUT2D eigenvalue weighted by Gasteiger charge is -2.30. The first kappa shape index (κ1) is 27.8. The third kappa shape index (κ3) is 7.11. The van der Waals surface area contributed by atoms with Gasteiger partial charge in [0.15, 0.2) is 5.69 Å². The Labute approximate surface area is 213 Å². The first-order valence-corrected chi connectivity index (χ1v) is 11.8. The summed E-state index contributed by atoms with van der Waals surface area (Å²) in [6, 6.07) is 11.3. The Morgan fingerprint density at radius 2 is 1.65 bits per heavy atom. The molecule has 0 unspecified atom stereocenters. The van der Waals surface area contributed by atoms with E-state index in [2.05, 4.69) is 21.0 Å². The molecule has 1 heterocycles. The highest BCUT2D eigenvalue weighted by atomic mass is 19.1. The Bertz CT molecular complexity index is 1250. The average molecular weight is 514 g/mol. The van der Waals surface area contributed by atoms with Crippen LogP contribution in [0, 0.1) is 11.2 Å². The number of aliphatic hydroxyl groups excluding tert-OH is 2. The van der Waals surface area contributed by atoms with E-state index in [1.165, 1.54) is 12.1 Å². The minimum Gasteiger partial charge on any atom is -0.394 e. The van der Waals surface area contributed by atoms with Gasteiger partial charge in [-0.1, -0.05) is 51.1 Å². The molecular formula is C26H32FN5O5. The lowest BCUT2D eigenvalue weighted by Crippen LogP contribution is -2.55. The molecule has 1 aromatic heterocycles. The maximum atomic E-state index is 13.3. The highest BCUT2D eigenvalue weighted by Crippen LogP contribution is 2.23. The molecule has 2 aromatic carbocycles. The molecule has 5 N–H and O–H groups in total. The predicted molar refractivity (Wildman–Crippen MR) is 135 cm³/mol. The quantitative estimate of drug-likeness (QED) is 0.273. The van der Waals surface area contributed by atoms with Gasteiger partial charge in [0, 0.05) is 5.39 Å². The molecule has 10 nitrogen and oxygen atoms in total. The van der Waals surface area contributed by atoms with E-state index in [9.17, 15) is 18.8 Å². The molecule has 1 atom stereocenters. The first-order valence-electron chi connectivity index (χ1n) is 11.8. The van der Waals surface area contributed by atoms with Crippen molar-refractivity contribution in [1.82, 2.24) is 25.7 Å². The fraction of sp³-hybridized carbons (Fsp3) is 0.385. The summed E-state index contributed by atoms with van der Waals surface area (Å²) in [6.45, 7) is 4.35. The minimum atomic E-state index is -1.000. The van der Waals surface area contributed by atoms with Crippen LogP contribution in [0.2, 0.25) is 0 Å². The lowest BCUT2D eigenvalue weighted by molar-refractivity contribution is -0.129. The Hall–Kier alpha value is -3.83. The molecule has 0 aliphatic carbocycles. The van der Waals surface area contributed by atoms with Crippen LogP contribution in [0.1, 0.15) is 36.8 Å². The summed E-state index contributed by atoms with van der Waals surface area (Å²) < 4.78 is 15.0. The van der Waals surface area contributed by atoms with E-state index in [4.69, 9.17) is 10.2 Å². The van der Waals surface area contributed by atoms with Crippen LogP contribution in [0.15, 0.2) is 48.5 Å². The molecule has 37 heavy (non-hydrogen) atoms. The van der Waals surface area contributed by atoms with Gasteiger partial charge in [0.25, 0.3) is 5.91 Å². The Balaban J connectivity index is 1.78. The number of hydrogen-bond donors (Lipinski definition) is 5. The van der Waals surface area contributed by atoms with Crippen molar-refractivity contribution in [3.05, 3.63) is 65.6 Å². The number of fused-ring (bicyclic) bond motifs is 1. The lowest BCUT2D eigenvalue weighted by atomic mass is 9.86. The van der Waals surface area contributed by atoms with Gasteiger partial charge in [-0.05, 0) is 29.2 Å². The van der Waals surface area contributed by atoms with Crippen LogP contribution < -0.4 is 16.0 Å². The van der Waals surface area contributed by atoms with Crippen molar-refractivity contribution in [2.24, 2.45) is 5.41 Å². The van der Waals surface area contributed by atoms with Crippen LogP contribution in [-0.4, -0.2) is 69.6 Å². The highest BCUT2D eigenvalue weighted by molar-refractivity contribution is 6.06. The molecule has 0 saturated heterocycles. The number of nitrogens with one attached hydrogen (secondary N) is 3. The number of carbonyl (C=O) groups excluding carboxylic acids is 3. The molecule has 3 rings (SSSR count). The Kier molecular flexibility index (Phi) is 8.95. The smallest absolute Gasteiger partial charge is 0.273 e. The standard InChI is InChI=1S/C26H32FN5O5/c1-26(2,3)23(25(37)28-12-21(35)29-18(14-33)15-34)30-24(36)22-19-6-4-5-7-20(19)32(31-22)13-16-8-10-17(27)11-9-16/h4-11,18,23,33-34H,12-15H2,1-3H3,(H,28,37)(H,29,35)(H,30,36)/t23-/m1/s1. The summed E-state index contributed by atoms with van der Waals surface area (Å²) >= 11 is 0. The number of para-hydroxylation sites is 1. The van der Waals surface area contributed by atoms with E-state index >= 15 is 0 Å². The molecule has 3 aromatic rings. The van der Waals surface area contributed by atoms with Crippen molar-refractivity contribution >= 4 is 28.6 Å². The number of amides is 3. The summed E-state index contributed by atoms with van der Waals surface area (Å²) in [5, 5.41) is 30.9. The molecule has 0 radical (unpaired) electrons. The van der Waals surface area contributed by atoms with Gasteiger partial charge in [-0.25, -0.2) is 4.39 Å². The van der Waals surface area contributed by atoms with Gasteiger partial charge in [0.2, 0.25) is 11.8 Å². The first-order chi connectivity index (χ1) is 17.5. The number of aliphatic hydroxyl groups is 2.